The first kappa shape index (κ1) is 10.7. The predicted molar refractivity (Wildman–Crippen MR) is 61.8 cm³/mol. The number of nitrogens with one attached hydrogen (secondary N) is 1. The monoisotopic (exact) mass is 236 g/mol. The van der Waals surface area contributed by atoms with Crippen LogP contribution in [0.25, 0.3) is 10.9 Å². The summed E-state index contributed by atoms with van der Waals surface area (Å²) in [6.07, 6.45) is 1.55. The standard InChI is InChI=1S/C11H9ClN2O2/c1-13-11(16)7-4-6-8(12)2-3-14-9(6)5-10(7)15/h2-5,15H,1H3,(H,13,16). The average Bonchev–Trinajstić information content (AvgIpc) is 2.28. The summed E-state index contributed by atoms with van der Waals surface area (Å²) in [6.45, 7) is 0. The largest absolute Gasteiger partial charge is 0.507 e. The zero-order valence-electron chi connectivity index (χ0n) is 8.49. The van der Waals surface area contributed by atoms with Crippen molar-refractivity contribution in [2.24, 2.45) is 0 Å². The predicted octanol–water partition coefficient (Wildman–Crippen LogP) is 1.95. The van der Waals surface area contributed by atoms with Crippen LogP contribution in [0.1, 0.15) is 10.4 Å². The number of fused-ring (bicyclic) bond motifs is 1. The normalized spacial score (nSPS) is 10.4. The Kier molecular flexibility index (Phi) is 2.66. The summed E-state index contributed by atoms with van der Waals surface area (Å²) in [5, 5.41) is 13.2. The third kappa shape index (κ3) is 1.67. The molecule has 2 rings (SSSR count). The summed E-state index contributed by atoms with van der Waals surface area (Å²) in [5.41, 5.74) is 0.738. The fourth-order valence-electron chi connectivity index (χ4n) is 1.46. The number of phenols is 1. The Hall–Kier alpha value is -1.81. The third-order valence-electron chi connectivity index (χ3n) is 2.28. The van der Waals surface area contributed by atoms with Gasteiger partial charge in [-0.1, -0.05) is 11.6 Å². The lowest BCUT2D eigenvalue weighted by Crippen LogP contribution is -2.17. The van der Waals surface area contributed by atoms with E-state index in [0.29, 0.717) is 15.9 Å². The Labute approximate surface area is 96.9 Å². The van der Waals surface area contributed by atoms with Gasteiger partial charge in [-0.3, -0.25) is 9.78 Å². The number of pyridine rings is 1. The van der Waals surface area contributed by atoms with Gasteiger partial charge in [0.15, 0.2) is 0 Å². The number of aromatic nitrogens is 1. The second-order valence-electron chi connectivity index (χ2n) is 3.26. The van der Waals surface area contributed by atoms with Crippen LogP contribution in [0.5, 0.6) is 5.75 Å². The highest BCUT2D eigenvalue weighted by molar-refractivity contribution is 6.35. The molecule has 0 saturated carbocycles. The number of hydrogen-bond acceptors (Lipinski definition) is 3. The van der Waals surface area contributed by atoms with Gasteiger partial charge in [0.2, 0.25) is 0 Å². The van der Waals surface area contributed by atoms with E-state index in [4.69, 9.17) is 11.6 Å². The maximum Gasteiger partial charge on any atom is 0.254 e. The summed E-state index contributed by atoms with van der Waals surface area (Å²) in [5.74, 6) is -0.471. The molecule has 0 spiro atoms. The molecular formula is C11H9ClN2O2. The van der Waals surface area contributed by atoms with Crippen molar-refractivity contribution in [1.29, 1.82) is 0 Å². The second kappa shape index (κ2) is 3.98. The van der Waals surface area contributed by atoms with E-state index in [9.17, 15) is 9.90 Å². The highest BCUT2D eigenvalue weighted by Crippen LogP contribution is 2.28. The van der Waals surface area contributed by atoms with Crippen LogP contribution < -0.4 is 5.32 Å². The molecule has 82 valence electrons. The number of benzene rings is 1. The molecule has 1 aromatic carbocycles. The maximum atomic E-state index is 11.5. The van der Waals surface area contributed by atoms with E-state index in [1.165, 1.54) is 19.2 Å². The van der Waals surface area contributed by atoms with Crippen LogP contribution in [-0.2, 0) is 0 Å². The first-order chi connectivity index (χ1) is 7.63. The first-order valence-corrected chi connectivity index (χ1v) is 5.00. The van der Waals surface area contributed by atoms with Crippen LogP contribution in [0.3, 0.4) is 0 Å². The molecular weight excluding hydrogens is 228 g/mol. The zero-order chi connectivity index (χ0) is 11.7. The van der Waals surface area contributed by atoms with Gasteiger partial charge in [0, 0.05) is 24.7 Å². The quantitative estimate of drug-likeness (QED) is 0.796. The number of nitrogens with zero attached hydrogens (tertiary/aromatic N) is 1. The molecule has 0 aliphatic rings. The molecule has 0 aliphatic carbocycles. The second-order valence-corrected chi connectivity index (χ2v) is 3.67. The number of carbonyl (C=O) groups excluding carboxylic acids is 1. The van der Waals surface area contributed by atoms with Crippen LogP contribution in [0, 0.1) is 0 Å². The summed E-state index contributed by atoms with van der Waals surface area (Å²) in [6, 6.07) is 4.58. The SMILES string of the molecule is CNC(=O)c1cc2c(Cl)ccnc2cc1O. The molecule has 1 aromatic heterocycles. The van der Waals surface area contributed by atoms with Gasteiger partial charge in [-0.05, 0) is 12.1 Å². The van der Waals surface area contributed by atoms with Gasteiger partial charge < -0.3 is 10.4 Å². The smallest absolute Gasteiger partial charge is 0.254 e. The Morgan fingerprint density at radius 3 is 2.94 bits per heavy atom. The molecule has 2 aromatic rings. The molecule has 5 heteroatoms. The Bertz CT molecular complexity index is 569. The fourth-order valence-corrected chi connectivity index (χ4v) is 1.67. The number of halogens is 1. The molecule has 0 saturated heterocycles. The van der Waals surface area contributed by atoms with Gasteiger partial charge in [-0.15, -0.1) is 0 Å². The first-order valence-electron chi connectivity index (χ1n) is 4.63. The zero-order valence-corrected chi connectivity index (χ0v) is 9.25. The number of carbonyl (C=O) groups is 1. The number of phenolic OH excluding ortho intramolecular Hbond substituents is 1. The van der Waals surface area contributed by atoms with Crippen LogP contribution in [-0.4, -0.2) is 23.0 Å². The lowest BCUT2D eigenvalue weighted by atomic mass is 10.1. The van der Waals surface area contributed by atoms with Crippen molar-refractivity contribution in [3.63, 3.8) is 0 Å². The molecule has 1 amide bonds. The molecule has 4 nitrogen and oxygen atoms in total. The van der Waals surface area contributed by atoms with Crippen molar-refractivity contribution in [2.45, 2.75) is 0 Å². The van der Waals surface area contributed by atoms with Gasteiger partial charge in [0.25, 0.3) is 5.91 Å². The Morgan fingerprint density at radius 2 is 2.25 bits per heavy atom. The summed E-state index contributed by atoms with van der Waals surface area (Å²) in [7, 11) is 1.50. The third-order valence-corrected chi connectivity index (χ3v) is 2.61. The van der Waals surface area contributed by atoms with Gasteiger partial charge in [0.05, 0.1) is 16.1 Å². The van der Waals surface area contributed by atoms with Crippen LogP contribution >= 0.6 is 11.6 Å². The van der Waals surface area contributed by atoms with E-state index in [1.54, 1.807) is 12.3 Å². The topological polar surface area (TPSA) is 62.2 Å². The van der Waals surface area contributed by atoms with Gasteiger partial charge in [-0.25, -0.2) is 0 Å². The summed E-state index contributed by atoms with van der Waals surface area (Å²) in [4.78, 5) is 15.5. The van der Waals surface area contributed by atoms with Crippen LogP contribution in [0.4, 0.5) is 0 Å². The lowest BCUT2D eigenvalue weighted by molar-refractivity contribution is 0.0960. The van der Waals surface area contributed by atoms with Crippen molar-refractivity contribution < 1.29 is 9.90 Å². The maximum absolute atomic E-state index is 11.5. The number of hydrogen-bond donors (Lipinski definition) is 2. The van der Waals surface area contributed by atoms with Gasteiger partial charge >= 0.3 is 0 Å². The van der Waals surface area contributed by atoms with Crippen LogP contribution in [0.15, 0.2) is 24.4 Å². The molecule has 1 heterocycles. The molecule has 0 aliphatic heterocycles. The molecule has 0 fully saturated rings. The van der Waals surface area contributed by atoms with E-state index in [1.807, 2.05) is 0 Å². The number of aromatic hydroxyl groups is 1. The van der Waals surface area contributed by atoms with E-state index >= 15 is 0 Å². The number of amides is 1. The molecule has 0 atom stereocenters. The summed E-state index contributed by atoms with van der Waals surface area (Å²) < 4.78 is 0. The summed E-state index contributed by atoms with van der Waals surface area (Å²) >= 11 is 5.98. The Morgan fingerprint density at radius 1 is 1.50 bits per heavy atom. The minimum absolute atomic E-state index is 0.110. The molecule has 16 heavy (non-hydrogen) atoms. The van der Waals surface area contributed by atoms with E-state index in [0.717, 1.165) is 0 Å². The fraction of sp³-hybridized carbons (Fsp3) is 0.0909. The van der Waals surface area contributed by atoms with Crippen molar-refractivity contribution in [1.82, 2.24) is 10.3 Å². The number of rotatable bonds is 1. The lowest BCUT2D eigenvalue weighted by Gasteiger charge is -2.06. The van der Waals surface area contributed by atoms with Crippen molar-refractivity contribution in [3.8, 4) is 5.75 Å². The van der Waals surface area contributed by atoms with Crippen LogP contribution in [0.2, 0.25) is 5.02 Å². The van der Waals surface area contributed by atoms with E-state index in [2.05, 4.69) is 10.3 Å². The van der Waals surface area contributed by atoms with Crippen molar-refractivity contribution in [3.05, 3.63) is 35.0 Å². The molecule has 2 N–H and O–H groups in total. The molecule has 0 bridgehead atoms. The van der Waals surface area contributed by atoms with Crippen molar-refractivity contribution >= 4 is 28.4 Å². The highest BCUT2D eigenvalue weighted by Gasteiger charge is 2.12. The van der Waals surface area contributed by atoms with E-state index < -0.39 is 0 Å². The molecule has 0 radical (unpaired) electrons. The highest BCUT2D eigenvalue weighted by atomic mass is 35.5. The molecule has 0 unspecified atom stereocenters. The van der Waals surface area contributed by atoms with Gasteiger partial charge in [0.1, 0.15) is 5.75 Å². The van der Waals surface area contributed by atoms with E-state index in [-0.39, 0.29) is 17.2 Å². The van der Waals surface area contributed by atoms with Gasteiger partial charge in [-0.2, -0.15) is 0 Å². The minimum atomic E-state index is -0.362. The Balaban J connectivity index is 2.74. The average molecular weight is 237 g/mol. The van der Waals surface area contributed by atoms with Crippen molar-refractivity contribution in [2.75, 3.05) is 7.05 Å². The minimum Gasteiger partial charge on any atom is -0.507 e.